The van der Waals surface area contributed by atoms with E-state index >= 15 is 0 Å². The molecule has 0 atom stereocenters. The quantitative estimate of drug-likeness (QED) is 0.857. The van der Waals surface area contributed by atoms with Gasteiger partial charge in [-0.25, -0.2) is 8.78 Å². The number of rotatable bonds is 3. The van der Waals surface area contributed by atoms with E-state index in [0.717, 1.165) is 4.90 Å². The van der Waals surface area contributed by atoms with E-state index in [1.165, 1.54) is 17.8 Å². The smallest absolute Gasteiger partial charge is 0.265 e. The van der Waals surface area contributed by atoms with Gasteiger partial charge in [0, 0.05) is 29.4 Å². The van der Waals surface area contributed by atoms with Crippen LogP contribution in [0.4, 0.5) is 14.5 Å². The summed E-state index contributed by atoms with van der Waals surface area (Å²) < 4.78 is 27.3. The zero-order chi connectivity index (χ0) is 12.4. The van der Waals surface area contributed by atoms with Crippen molar-refractivity contribution >= 4 is 17.4 Å². The second-order valence-electron chi connectivity index (χ2n) is 3.55. The highest BCUT2D eigenvalue weighted by Crippen LogP contribution is 2.35. The van der Waals surface area contributed by atoms with Crippen LogP contribution in [0.15, 0.2) is 40.4 Å². The largest absolute Gasteiger partial charge is 0.399 e. The van der Waals surface area contributed by atoms with E-state index in [-0.39, 0.29) is 5.56 Å². The molecule has 0 aliphatic rings. The van der Waals surface area contributed by atoms with Gasteiger partial charge in [-0.3, -0.25) is 4.68 Å². The molecule has 1 aromatic heterocycles. The van der Waals surface area contributed by atoms with E-state index in [2.05, 4.69) is 5.10 Å². The van der Waals surface area contributed by atoms with Gasteiger partial charge in [0.15, 0.2) is 0 Å². The Kier molecular flexibility index (Phi) is 3.33. The third-order valence-electron chi connectivity index (χ3n) is 2.18. The van der Waals surface area contributed by atoms with Gasteiger partial charge >= 0.3 is 0 Å². The van der Waals surface area contributed by atoms with Crippen molar-refractivity contribution in [3.05, 3.63) is 36.2 Å². The van der Waals surface area contributed by atoms with Crippen LogP contribution in [-0.4, -0.2) is 9.78 Å². The van der Waals surface area contributed by atoms with Crippen LogP contribution in [0.5, 0.6) is 0 Å². The Labute approximate surface area is 102 Å². The number of hydrogen-bond acceptors (Lipinski definition) is 3. The van der Waals surface area contributed by atoms with Crippen LogP contribution in [-0.2, 0) is 7.05 Å². The minimum atomic E-state index is -2.53. The first-order valence-corrected chi connectivity index (χ1v) is 5.72. The van der Waals surface area contributed by atoms with Gasteiger partial charge < -0.3 is 5.73 Å². The van der Waals surface area contributed by atoms with Crippen LogP contribution < -0.4 is 5.73 Å². The number of hydrogen-bond donors (Lipinski definition) is 1. The summed E-state index contributed by atoms with van der Waals surface area (Å²) in [6, 6.07) is 4.53. The first kappa shape index (κ1) is 11.9. The summed E-state index contributed by atoms with van der Waals surface area (Å²) in [6.07, 6.45) is 0.879. The summed E-state index contributed by atoms with van der Waals surface area (Å²) in [4.78, 5) is 1.32. The molecule has 0 aliphatic heterocycles. The normalized spacial score (nSPS) is 11.1. The highest BCUT2D eigenvalue weighted by molar-refractivity contribution is 7.99. The van der Waals surface area contributed by atoms with Gasteiger partial charge in [-0.15, -0.1) is 0 Å². The Bertz CT molecular complexity index is 525. The maximum Gasteiger partial charge on any atom is 0.265 e. The fourth-order valence-corrected chi connectivity index (χ4v) is 2.37. The zero-order valence-electron chi connectivity index (χ0n) is 9.10. The second kappa shape index (κ2) is 4.75. The highest BCUT2D eigenvalue weighted by atomic mass is 32.2. The molecule has 0 fully saturated rings. The fourth-order valence-electron chi connectivity index (χ4n) is 1.41. The summed E-state index contributed by atoms with van der Waals surface area (Å²) in [7, 11) is 1.78. The topological polar surface area (TPSA) is 43.8 Å². The Morgan fingerprint density at radius 2 is 2.18 bits per heavy atom. The molecule has 0 saturated heterocycles. The summed E-state index contributed by atoms with van der Waals surface area (Å²) >= 11 is 1.25. The first-order chi connectivity index (χ1) is 8.06. The minimum Gasteiger partial charge on any atom is -0.399 e. The molecule has 0 bridgehead atoms. The van der Waals surface area contributed by atoms with Gasteiger partial charge in [0.25, 0.3) is 6.43 Å². The van der Waals surface area contributed by atoms with E-state index in [9.17, 15) is 8.78 Å². The standard InChI is InChI=1S/C11H11F2N3S/c1-16-6-8(5-15-16)17-10-3-2-7(14)4-9(10)11(12)13/h2-6,11H,14H2,1H3. The van der Waals surface area contributed by atoms with Crippen molar-refractivity contribution in [1.82, 2.24) is 9.78 Å². The molecular formula is C11H11F2N3S. The molecule has 90 valence electrons. The lowest BCUT2D eigenvalue weighted by molar-refractivity contribution is 0.148. The number of nitrogen functional groups attached to an aromatic ring is 1. The van der Waals surface area contributed by atoms with Crippen molar-refractivity contribution in [2.75, 3.05) is 5.73 Å². The molecule has 0 saturated carbocycles. The van der Waals surface area contributed by atoms with Gasteiger partial charge in [-0.1, -0.05) is 11.8 Å². The number of anilines is 1. The molecule has 0 aliphatic carbocycles. The predicted octanol–water partition coefficient (Wildman–Crippen LogP) is 3.09. The molecule has 1 heterocycles. The van der Waals surface area contributed by atoms with Crippen molar-refractivity contribution in [3.8, 4) is 0 Å². The number of aromatic nitrogens is 2. The number of nitrogens with two attached hydrogens (primary N) is 1. The zero-order valence-corrected chi connectivity index (χ0v) is 9.92. The number of benzene rings is 1. The number of nitrogens with zero attached hydrogens (tertiary/aromatic N) is 2. The Balaban J connectivity index is 2.32. The third kappa shape index (κ3) is 2.76. The average molecular weight is 255 g/mol. The summed E-state index contributed by atoms with van der Waals surface area (Å²) in [5.74, 6) is 0. The summed E-state index contributed by atoms with van der Waals surface area (Å²) in [5, 5.41) is 3.99. The molecule has 2 aromatic rings. The van der Waals surface area contributed by atoms with Crippen LogP contribution in [0.1, 0.15) is 12.0 Å². The van der Waals surface area contributed by atoms with Gasteiger partial charge in [0.2, 0.25) is 0 Å². The number of alkyl halides is 2. The Morgan fingerprint density at radius 1 is 1.41 bits per heavy atom. The lowest BCUT2D eigenvalue weighted by atomic mass is 10.2. The maximum absolute atomic E-state index is 12.8. The minimum absolute atomic E-state index is 0.0427. The lowest BCUT2D eigenvalue weighted by Gasteiger charge is -2.08. The molecule has 2 rings (SSSR count). The maximum atomic E-state index is 12.8. The van der Waals surface area contributed by atoms with Crippen LogP contribution in [0.3, 0.4) is 0 Å². The van der Waals surface area contributed by atoms with Crippen molar-refractivity contribution < 1.29 is 8.78 Å². The van der Waals surface area contributed by atoms with Crippen molar-refractivity contribution in [2.24, 2.45) is 7.05 Å². The first-order valence-electron chi connectivity index (χ1n) is 4.90. The van der Waals surface area contributed by atoms with Crippen molar-refractivity contribution in [1.29, 1.82) is 0 Å². The molecule has 0 amide bonds. The lowest BCUT2D eigenvalue weighted by Crippen LogP contribution is -1.92. The molecule has 0 unspecified atom stereocenters. The van der Waals surface area contributed by atoms with E-state index in [1.54, 1.807) is 36.3 Å². The van der Waals surface area contributed by atoms with Crippen LogP contribution in [0.25, 0.3) is 0 Å². The van der Waals surface area contributed by atoms with E-state index < -0.39 is 6.43 Å². The summed E-state index contributed by atoms with van der Waals surface area (Å²) in [5.41, 5.74) is 5.80. The SMILES string of the molecule is Cn1cc(Sc2ccc(N)cc2C(F)F)cn1. The Hall–Kier alpha value is -1.56. The predicted molar refractivity (Wildman–Crippen MR) is 63.1 cm³/mol. The van der Waals surface area contributed by atoms with Gasteiger partial charge in [-0.2, -0.15) is 5.10 Å². The molecule has 0 spiro atoms. The van der Waals surface area contributed by atoms with Crippen LogP contribution in [0, 0.1) is 0 Å². The monoisotopic (exact) mass is 255 g/mol. The van der Waals surface area contributed by atoms with Gasteiger partial charge in [0.1, 0.15) is 0 Å². The van der Waals surface area contributed by atoms with E-state index in [1.807, 2.05) is 0 Å². The van der Waals surface area contributed by atoms with Crippen molar-refractivity contribution in [3.63, 3.8) is 0 Å². The Morgan fingerprint density at radius 3 is 2.76 bits per heavy atom. The van der Waals surface area contributed by atoms with Crippen LogP contribution in [0.2, 0.25) is 0 Å². The number of aryl methyl sites for hydroxylation is 1. The molecule has 17 heavy (non-hydrogen) atoms. The van der Waals surface area contributed by atoms with Crippen LogP contribution >= 0.6 is 11.8 Å². The number of halogens is 2. The van der Waals surface area contributed by atoms with E-state index in [4.69, 9.17) is 5.73 Å². The second-order valence-corrected chi connectivity index (χ2v) is 4.67. The molecule has 1 aromatic carbocycles. The fraction of sp³-hybridized carbons (Fsp3) is 0.182. The van der Waals surface area contributed by atoms with E-state index in [0.29, 0.717) is 10.6 Å². The van der Waals surface area contributed by atoms with Gasteiger partial charge in [-0.05, 0) is 18.2 Å². The summed E-state index contributed by atoms with van der Waals surface area (Å²) in [6.45, 7) is 0. The third-order valence-corrected chi connectivity index (χ3v) is 3.22. The molecule has 6 heteroatoms. The van der Waals surface area contributed by atoms with Gasteiger partial charge in [0.05, 0.1) is 11.1 Å². The highest BCUT2D eigenvalue weighted by Gasteiger charge is 2.14. The van der Waals surface area contributed by atoms with Crippen molar-refractivity contribution in [2.45, 2.75) is 16.2 Å². The molecular weight excluding hydrogens is 244 g/mol. The molecule has 2 N–H and O–H groups in total. The average Bonchev–Trinajstić information content (AvgIpc) is 2.66. The molecule has 3 nitrogen and oxygen atoms in total. The molecule has 0 radical (unpaired) electrons.